The fourth-order valence-electron chi connectivity index (χ4n) is 1.27. The van der Waals surface area contributed by atoms with Crippen LogP contribution in [0.4, 0.5) is 13.2 Å². The Bertz CT molecular complexity index is 368. The fraction of sp³-hybridized carbons (Fsp3) is 0.400. The van der Waals surface area contributed by atoms with Gasteiger partial charge in [0, 0.05) is 22.0 Å². The molecule has 2 N–H and O–H groups in total. The van der Waals surface area contributed by atoms with Gasteiger partial charge in [-0.05, 0) is 30.2 Å². The summed E-state index contributed by atoms with van der Waals surface area (Å²) in [5.74, 6) is 0. The first kappa shape index (κ1) is 13.8. The van der Waals surface area contributed by atoms with Gasteiger partial charge in [-0.2, -0.15) is 13.2 Å². The van der Waals surface area contributed by atoms with Gasteiger partial charge in [0.05, 0.1) is 0 Å². The largest absolute Gasteiger partial charge is 0.389 e. The van der Waals surface area contributed by atoms with E-state index in [0.717, 1.165) is 0 Å². The van der Waals surface area contributed by atoms with E-state index in [9.17, 15) is 13.2 Å². The highest BCUT2D eigenvalue weighted by molar-refractivity contribution is 9.10. The number of hydrogen-bond acceptors (Lipinski definition) is 1. The molecule has 1 aromatic carbocycles. The summed E-state index contributed by atoms with van der Waals surface area (Å²) in [6.07, 6.45) is -5.22. The third-order valence-electron chi connectivity index (χ3n) is 2.10. The van der Waals surface area contributed by atoms with Crippen LogP contribution < -0.4 is 5.73 Å². The van der Waals surface area contributed by atoms with E-state index in [1.54, 1.807) is 18.2 Å². The molecule has 1 nitrogen and oxygen atoms in total. The summed E-state index contributed by atoms with van der Waals surface area (Å²) in [6, 6.07) is 4.22. The van der Waals surface area contributed by atoms with Crippen molar-refractivity contribution >= 4 is 27.5 Å². The topological polar surface area (TPSA) is 26.0 Å². The van der Waals surface area contributed by atoms with Crippen LogP contribution in [0.5, 0.6) is 0 Å². The van der Waals surface area contributed by atoms with Crippen molar-refractivity contribution in [3.05, 3.63) is 33.3 Å². The Morgan fingerprint density at radius 3 is 2.56 bits per heavy atom. The van der Waals surface area contributed by atoms with E-state index in [4.69, 9.17) is 17.3 Å². The zero-order valence-electron chi connectivity index (χ0n) is 8.19. The summed E-state index contributed by atoms with van der Waals surface area (Å²) in [6.45, 7) is 0. The van der Waals surface area contributed by atoms with E-state index >= 15 is 0 Å². The van der Waals surface area contributed by atoms with Crippen molar-refractivity contribution in [2.45, 2.75) is 25.1 Å². The van der Waals surface area contributed by atoms with Gasteiger partial charge in [0.15, 0.2) is 0 Å². The summed E-state index contributed by atoms with van der Waals surface area (Å²) >= 11 is 8.98. The third-order valence-corrected chi connectivity index (χ3v) is 3.05. The average Bonchev–Trinajstić information content (AvgIpc) is 2.17. The summed E-state index contributed by atoms with van der Waals surface area (Å²) in [5, 5.41) is 0.459. The molecular formula is C10H10BrClF3N. The molecule has 0 saturated heterocycles. The lowest BCUT2D eigenvalue weighted by atomic mass is 10.0. The molecule has 0 fully saturated rings. The van der Waals surface area contributed by atoms with Crippen LogP contribution in [0.2, 0.25) is 5.02 Å². The van der Waals surface area contributed by atoms with E-state index in [0.29, 0.717) is 15.1 Å². The van der Waals surface area contributed by atoms with Crippen molar-refractivity contribution in [2.24, 2.45) is 5.73 Å². The molecule has 0 spiro atoms. The van der Waals surface area contributed by atoms with Crippen molar-refractivity contribution in [1.82, 2.24) is 0 Å². The number of alkyl halides is 3. The molecule has 0 amide bonds. The third kappa shape index (κ3) is 4.31. The molecule has 0 aromatic heterocycles. The zero-order chi connectivity index (χ0) is 12.3. The Morgan fingerprint density at radius 2 is 2.00 bits per heavy atom. The predicted octanol–water partition coefficient (Wildman–Crippen LogP) is 4.44. The molecule has 1 atom stereocenters. The van der Waals surface area contributed by atoms with Gasteiger partial charge < -0.3 is 5.73 Å². The molecular weight excluding hydrogens is 306 g/mol. The smallest absolute Gasteiger partial charge is 0.324 e. The number of halogens is 5. The van der Waals surface area contributed by atoms with Gasteiger partial charge in [-0.1, -0.05) is 27.5 Å². The van der Waals surface area contributed by atoms with Crippen molar-refractivity contribution in [1.29, 1.82) is 0 Å². The van der Waals surface area contributed by atoms with E-state index in [1.807, 2.05) is 0 Å². The first-order valence-corrected chi connectivity index (χ1v) is 5.74. The summed E-state index contributed by atoms with van der Waals surface area (Å²) in [7, 11) is 0. The maximum Gasteiger partial charge on any atom is 0.389 e. The Kier molecular flexibility index (Phi) is 4.64. The van der Waals surface area contributed by atoms with Crippen LogP contribution in [-0.4, -0.2) is 6.18 Å². The van der Waals surface area contributed by atoms with Gasteiger partial charge in [-0.25, -0.2) is 0 Å². The minimum atomic E-state index is -4.18. The number of nitrogens with two attached hydrogens (primary N) is 1. The Balaban J connectivity index is 2.73. The Labute approximate surface area is 105 Å². The number of hydrogen-bond donors (Lipinski definition) is 1. The molecule has 1 aromatic rings. The summed E-state index contributed by atoms with van der Waals surface area (Å²) < 4.78 is 36.7. The highest BCUT2D eigenvalue weighted by atomic mass is 79.9. The van der Waals surface area contributed by atoms with Crippen LogP contribution in [0.25, 0.3) is 0 Å². The number of benzene rings is 1. The van der Waals surface area contributed by atoms with Gasteiger partial charge in [-0.15, -0.1) is 0 Å². The van der Waals surface area contributed by atoms with Crippen molar-refractivity contribution in [3.63, 3.8) is 0 Å². The quantitative estimate of drug-likeness (QED) is 0.876. The van der Waals surface area contributed by atoms with Gasteiger partial charge >= 0.3 is 6.18 Å². The first-order valence-electron chi connectivity index (χ1n) is 4.57. The molecule has 0 aliphatic carbocycles. The van der Waals surface area contributed by atoms with Crippen LogP contribution in [0.3, 0.4) is 0 Å². The van der Waals surface area contributed by atoms with Crippen LogP contribution in [0, 0.1) is 0 Å². The van der Waals surface area contributed by atoms with Crippen LogP contribution in [0.15, 0.2) is 22.7 Å². The van der Waals surface area contributed by atoms with E-state index in [-0.39, 0.29) is 6.42 Å². The normalized spacial score (nSPS) is 13.9. The lowest BCUT2D eigenvalue weighted by Crippen LogP contribution is -2.16. The molecule has 1 rings (SSSR count). The molecule has 0 bridgehead atoms. The van der Waals surface area contributed by atoms with Crippen molar-refractivity contribution in [2.75, 3.05) is 0 Å². The van der Waals surface area contributed by atoms with Crippen LogP contribution in [0.1, 0.15) is 24.4 Å². The molecule has 0 radical (unpaired) electrons. The predicted molar refractivity (Wildman–Crippen MR) is 61.4 cm³/mol. The maximum atomic E-state index is 12.0. The lowest BCUT2D eigenvalue weighted by Gasteiger charge is -2.15. The number of rotatable bonds is 3. The second-order valence-corrected chi connectivity index (χ2v) is 4.72. The first-order chi connectivity index (χ1) is 7.29. The SMILES string of the molecule is N[C@@H](CCC(F)(F)F)c1cc(Cl)ccc1Br. The van der Waals surface area contributed by atoms with Gasteiger partial charge in [0.1, 0.15) is 0 Å². The van der Waals surface area contributed by atoms with E-state index in [2.05, 4.69) is 15.9 Å². The highest BCUT2D eigenvalue weighted by Crippen LogP contribution is 2.31. The summed E-state index contributed by atoms with van der Waals surface area (Å²) in [5.41, 5.74) is 6.28. The second-order valence-electron chi connectivity index (χ2n) is 3.43. The van der Waals surface area contributed by atoms with Gasteiger partial charge in [0.2, 0.25) is 0 Å². The summed E-state index contributed by atoms with van der Waals surface area (Å²) in [4.78, 5) is 0. The molecule has 6 heteroatoms. The van der Waals surface area contributed by atoms with Crippen LogP contribution >= 0.6 is 27.5 Å². The molecule has 0 saturated carbocycles. The molecule has 0 unspecified atom stereocenters. The Morgan fingerprint density at radius 1 is 1.38 bits per heavy atom. The van der Waals surface area contributed by atoms with Crippen molar-refractivity contribution in [3.8, 4) is 0 Å². The molecule has 90 valence electrons. The minimum Gasteiger partial charge on any atom is -0.324 e. The average molecular weight is 317 g/mol. The van der Waals surface area contributed by atoms with Crippen molar-refractivity contribution < 1.29 is 13.2 Å². The fourth-order valence-corrected chi connectivity index (χ4v) is 1.99. The molecule has 0 heterocycles. The molecule has 16 heavy (non-hydrogen) atoms. The van der Waals surface area contributed by atoms with E-state index < -0.39 is 18.6 Å². The van der Waals surface area contributed by atoms with Gasteiger partial charge in [0.25, 0.3) is 0 Å². The van der Waals surface area contributed by atoms with Gasteiger partial charge in [-0.3, -0.25) is 0 Å². The second kappa shape index (κ2) is 5.38. The standard InChI is InChI=1S/C10H10BrClF3N/c11-8-2-1-6(12)5-7(8)9(16)3-4-10(13,14)15/h1-2,5,9H,3-4,16H2/t9-/m0/s1. The highest BCUT2D eigenvalue weighted by Gasteiger charge is 2.28. The van der Waals surface area contributed by atoms with E-state index in [1.165, 1.54) is 0 Å². The van der Waals surface area contributed by atoms with Crippen LogP contribution in [-0.2, 0) is 0 Å². The lowest BCUT2D eigenvalue weighted by molar-refractivity contribution is -0.136. The molecule has 0 aliphatic heterocycles. The maximum absolute atomic E-state index is 12.0. The minimum absolute atomic E-state index is 0.150. The molecule has 0 aliphatic rings. The monoisotopic (exact) mass is 315 g/mol. The zero-order valence-corrected chi connectivity index (χ0v) is 10.5. The Hall–Kier alpha value is -0.260.